The molecule has 0 radical (unpaired) electrons. The number of methoxy groups -OCH3 is 2. The van der Waals surface area contributed by atoms with Gasteiger partial charge < -0.3 is 29.9 Å². The number of ether oxygens (including phenoxy) is 2. The van der Waals surface area contributed by atoms with Crippen LogP contribution in [0.1, 0.15) is 38.3 Å². The minimum atomic E-state index is 0. The minimum Gasteiger partial charge on any atom is -0.493 e. The number of carbonyl (C=O) groups is 1. The van der Waals surface area contributed by atoms with Crippen LogP contribution in [0.3, 0.4) is 0 Å². The van der Waals surface area contributed by atoms with Crippen molar-refractivity contribution in [3.8, 4) is 11.5 Å². The van der Waals surface area contributed by atoms with Crippen molar-refractivity contribution in [1.29, 1.82) is 0 Å². The number of amides is 1. The van der Waals surface area contributed by atoms with Crippen LogP contribution < -0.4 is 20.1 Å². The summed E-state index contributed by atoms with van der Waals surface area (Å²) in [4.78, 5) is 20.9. The standard InChI is InChI=1S/C22H37N5O3.HI/c1-7-21(28)27-12-11-17(15-27)25-22(23-8-2)24-14-18(26(3)4)16-9-10-19(29-5)20(13-16)30-6;/h9-10,13,17-18H,7-8,11-12,14-15H2,1-6H3,(H2,23,24,25);1H. The molecule has 1 aliphatic rings. The highest BCUT2D eigenvalue weighted by Gasteiger charge is 2.26. The maximum atomic E-state index is 11.9. The van der Waals surface area contributed by atoms with Gasteiger partial charge in [-0.2, -0.15) is 0 Å². The molecule has 1 heterocycles. The minimum absolute atomic E-state index is 0. The number of carbonyl (C=O) groups excluding carboxylic acids is 1. The first kappa shape index (κ1) is 27.3. The zero-order valence-electron chi connectivity index (χ0n) is 19.6. The zero-order valence-corrected chi connectivity index (χ0v) is 21.9. The van der Waals surface area contributed by atoms with Crippen molar-refractivity contribution in [1.82, 2.24) is 20.4 Å². The van der Waals surface area contributed by atoms with Gasteiger partial charge in [0.1, 0.15) is 0 Å². The summed E-state index contributed by atoms with van der Waals surface area (Å²) in [5, 5.41) is 6.82. The molecule has 1 aromatic rings. The van der Waals surface area contributed by atoms with E-state index in [1.165, 1.54) is 0 Å². The van der Waals surface area contributed by atoms with Gasteiger partial charge in [0.15, 0.2) is 17.5 Å². The van der Waals surface area contributed by atoms with Crippen LogP contribution in [0.15, 0.2) is 23.2 Å². The highest BCUT2D eigenvalue weighted by molar-refractivity contribution is 14.0. The Morgan fingerprint density at radius 1 is 1.26 bits per heavy atom. The maximum absolute atomic E-state index is 11.9. The summed E-state index contributed by atoms with van der Waals surface area (Å²) in [5.41, 5.74) is 1.11. The fourth-order valence-corrected chi connectivity index (χ4v) is 3.65. The van der Waals surface area contributed by atoms with Crippen LogP contribution in [0.5, 0.6) is 11.5 Å². The fraction of sp³-hybridized carbons (Fsp3) is 0.636. The van der Waals surface area contributed by atoms with Gasteiger partial charge in [-0.1, -0.05) is 13.0 Å². The van der Waals surface area contributed by atoms with Crippen LogP contribution >= 0.6 is 24.0 Å². The molecule has 2 unspecified atom stereocenters. The van der Waals surface area contributed by atoms with Gasteiger partial charge in [-0.15, -0.1) is 24.0 Å². The van der Waals surface area contributed by atoms with E-state index in [2.05, 4.69) is 22.5 Å². The van der Waals surface area contributed by atoms with Crippen LogP contribution in [0.25, 0.3) is 0 Å². The van der Waals surface area contributed by atoms with Gasteiger partial charge in [0.25, 0.3) is 0 Å². The topological polar surface area (TPSA) is 78.4 Å². The Hall–Kier alpha value is -1.75. The van der Waals surface area contributed by atoms with E-state index >= 15 is 0 Å². The third-order valence-corrected chi connectivity index (χ3v) is 5.37. The number of hydrogen-bond acceptors (Lipinski definition) is 5. The summed E-state index contributed by atoms with van der Waals surface area (Å²) in [6.07, 6.45) is 1.49. The van der Waals surface area contributed by atoms with E-state index < -0.39 is 0 Å². The monoisotopic (exact) mass is 547 g/mol. The van der Waals surface area contributed by atoms with Gasteiger partial charge >= 0.3 is 0 Å². The molecule has 0 bridgehead atoms. The molecule has 0 aliphatic carbocycles. The van der Waals surface area contributed by atoms with Crippen molar-refractivity contribution in [2.24, 2.45) is 4.99 Å². The molecule has 2 atom stereocenters. The number of aliphatic imine (C=N–C) groups is 1. The lowest BCUT2D eigenvalue weighted by Crippen LogP contribution is -2.45. The molecule has 1 saturated heterocycles. The molecule has 8 nitrogen and oxygen atoms in total. The molecule has 9 heteroatoms. The van der Waals surface area contributed by atoms with Crippen LogP contribution in [-0.2, 0) is 4.79 Å². The average molecular weight is 547 g/mol. The summed E-state index contributed by atoms with van der Waals surface area (Å²) < 4.78 is 10.8. The molecule has 0 saturated carbocycles. The number of hydrogen-bond donors (Lipinski definition) is 2. The second kappa shape index (κ2) is 13.6. The van der Waals surface area contributed by atoms with E-state index in [9.17, 15) is 4.79 Å². The SMILES string of the molecule is CCNC(=NCC(c1ccc(OC)c(OC)c1)N(C)C)NC1CCN(C(=O)CC)C1.I. The van der Waals surface area contributed by atoms with Gasteiger partial charge in [0, 0.05) is 32.1 Å². The van der Waals surface area contributed by atoms with E-state index in [0.717, 1.165) is 37.6 Å². The average Bonchev–Trinajstić information content (AvgIpc) is 3.21. The first-order chi connectivity index (χ1) is 14.4. The van der Waals surface area contributed by atoms with Crippen molar-refractivity contribution in [2.75, 3.05) is 54.5 Å². The second-order valence-electron chi connectivity index (χ2n) is 7.64. The van der Waals surface area contributed by atoms with E-state index in [-0.39, 0.29) is 42.0 Å². The first-order valence-corrected chi connectivity index (χ1v) is 10.6. The van der Waals surface area contributed by atoms with Crippen molar-refractivity contribution >= 4 is 35.8 Å². The number of halogens is 1. The Labute approximate surface area is 203 Å². The van der Waals surface area contributed by atoms with Crippen molar-refractivity contribution < 1.29 is 14.3 Å². The van der Waals surface area contributed by atoms with Gasteiger partial charge in [-0.05, 0) is 45.1 Å². The number of benzene rings is 1. The molecule has 2 rings (SSSR count). The molecule has 31 heavy (non-hydrogen) atoms. The van der Waals surface area contributed by atoms with Crippen LogP contribution in [-0.4, -0.2) is 82.2 Å². The van der Waals surface area contributed by atoms with E-state index in [1.54, 1.807) is 14.2 Å². The van der Waals surface area contributed by atoms with Gasteiger partial charge in [0.2, 0.25) is 5.91 Å². The lowest BCUT2D eigenvalue weighted by molar-refractivity contribution is -0.129. The molecular formula is C22H38IN5O3. The maximum Gasteiger partial charge on any atom is 0.222 e. The summed E-state index contributed by atoms with van der Waals surface area (Å²) in [6, 6.07) is 6.28. The Morgan fingerprint density at radius 3 is 2.55 bits per heavy atom. The summed E-state index contributed by atoms with van der Waals surface area (Å²) in [5.74, 6) is 2.41. The molecule has 0 spiro atoms. The molecule has 1 aliphatic heterocycles. The van der Waals surface area contributed by atoms with E-state index in [4.69, 9.17) is 14.5 Å². The predicted molar refractivity (Wildman–Crippen MR) is 136 cm³/mol. The smallest absolute Gasteiger partial charge is 0.222 e. The Kier molecular flexibility index (Phi) is 12.0. The second-order valence-corrected chi connectivity index (χ2v) is 7.64. The third kappa shape index (κ3) is 7.71. The van der Waals surface area contributed by atoms with Crippen LogP contribution in [0.4, 0.5) is 0 Å². The number of nitrogens with zero attached hydrogens (tertiary/aromatic N) is 3. The molecule has 2 N–H and O–H groups in total. The summed E-state index contributed by atoms with van der Waals surface area (Å²) in [6.45, 7) is 6.85. The van der Waals surface area contributed by atoms with Crippen molar-refractivity contribution in [2.45, 2.75) is 38.8 Å². The Bertz CT molecular complexity index is 729. The number of guanidine groups is 1. The van der Waals surface area contributed by atoms with E-state index in [0.29, 0.717) is 24.5 Å². The third-order valence-electron chi connectivity index (χ3n) is 5.37. The lowest BCUT2D eigenvalue weighted by atomic mass is 10.1. The molecule has 1 aromatic carbocycles. The van der Waals surface area contributed by atoms with Gasteiger partial charge in [0.05, 0.1) is 26.8 Å². The first-order valence-electron chi connectivity index (χ1n) is 10.6. The summed E-state index contributed by atoms with van der Waals surface area (Å²) in [7, 11) is 7.37. The number of likely N-dealkylation sites (N-methyl/N-ethyl adjacent to an activating group) is 1. The van der Waals surface area contributed by atoms with Crippen molar-refractivity contribution in [3.05, 3.63) is 23.8 Å². The number of nitrogens with one attached hydrogen (secondary N) is 2. The highest BCUT2D eigenvalue weighted by atomic mass is 127. The molecule has 176 valence electrons. The van der Waals surface area contributed by atoms with E-state index in [1.807, 2.05) is 44.1 Å². The van der Waals surface area contributed by atoms with Crippen molar-refractivity contribution in [3.63, 3.8) is 0 Å². The van der Waals surface area contributed by atoms with Crippen LogP contribution in [0.2, 0.25) is 0 Å². The largest absolute Gasteiger partial charge is 0.493 e. The normalized spacial score (nSPS) is 17.2. The van der Waals surface area contributed by atoms with Gasteiger partial charge in [-0.3, -0.25) is 9.79 Å². The molecular weight excluding hydrogens is 509 g/mol. The molecule has 0 aromatic heterocycles. The lowest BCUT2D eigenvalue weighted by Gasteiger charge is -2.25. The van der Waals surface area contributed by atoms with Crippen LogP contribution in [0, 0.1) is 0 Å². The summed E-state index contributed by atoms with van der Waals surface area (Å²) >= 11 is 0. The number of rotatable bonds is 9. The highest BCUT2D eigenvalue weighted by Crippen LogP contribution is 2.31. The predicted octanol–water partition coefficient (Wildman–Crippen LogP) is 2.49. The zero-order chi connectivity index (χ0) is 22.1. The molecule has 1 fully saturated rings. The Morgan fingerprint density at radius 2 is 1.97 bits per heavy atom. The quantitative estimate of drug-likeness (QED) is 0.281. The Balaban J connectivity index is 0.00000480. The fourth-order valence-electron chi connectivity index (χ4n) is 3.65. The van der Waals surface area contributed by atoms with Gasteiger partial charge in [-0.25, -0.2) is 0 Å². The molecule has 1 amide bonds. The number of likely N-dealkylation sites (tertiary alicyclic amines) is 1.